The lowest BCUT2D eigenvalue weighted by molar-refractivity contribution is -0.127. The van der Waals surface area contributed by atoms with E-state index < -0.39 is 0 Å². The molecule has 1 aliphatic rings. The number of nitrogens with zero attached hydrogens (tertiary/aromatic N) is 2. The van der Waals surface area contributed by atoms with Crippen molar-refractivity contribution in [1.82, 2.24) is 15.1 Å². The number of likely N-dealkylation sites (tertiary alicyclic amines) is 1. The van der Waals surface area contributed by atoms with Crippen molar-refractivity contribution < 1.29 is 9.59 Å². The van der Waals surface area contributed by atoms with Gasteiger partial charge in [0.1, 0.15) is 0 Å². The van der Waals surface area contributed by atoms with E-state index in [2.05, 4.69) is 11.2 Å². The Morgan fingerprint density at radius 3 is 3.00 bits per heavy atom. The zero-order valence-corrected chi connectivity index (χ0v) is 9.53. The summed E-state index contributed by atoms with van der Waals surface area (Å²) in [6, 6.07) is -0.204. The Bertz CT molecular complexity index is 309. The third kappa shape index (κ3) is 3.46. The van der Waals surface area contributed by atoms with Gasteiger partial charge in [0.2, 0.25) is 5.91 Å². The molecule has 5 nitrogen and oxygen atoms in total. The van der Waals surface area contributed by atoms with Crippen LogP contribution in [0, 0.1) is 12.3 Å². The molecule has 1 N–H and O–H groups in total. The van der Waals surface area contributed by atoms with Crippen molar-refractivity contribution >= 4 is 11.9 Å². The summed E-state index contributed by atoms with van der Waals surface area (Å²) >= 11 is 0. The SMILES string of the molecule is C#CCNC(=O)N(C)CCN1CCCC1=O. The minimum Gasteiger partial charge on any atom is -0.341 e. The molecule has 1 rings (SSSR count). The van der Waals surface area contributed by atoms with E-state index in [1.807, 2.05) is 0 Å². The first-order valence-electron chi connectivity index (χ1n) is 5.35. The van der Waals surface area contributed by atoms with Crippen molar-refractivity contribution in [2.24, 2.45) is 0 Å². The van der Waals surface area contributed by atoms with Crippen LogP contribution in [-0.4, -0.2) is 55.0 Å². The number of carbonyl (C=O) groups excluding carboxylic acids is 2. The summed E-state index contributed by atoms with van der Waals surface area (Å²) in [4.78, 5) is 26.0. The Morgan fingerprint density at radius 2 is 2.44 bits per heavy atom. The average Bonchev–Trinajstić information content (AvgIpc) is 2.68. The molecule has 5 heteroatoms. The van der Waals surface area contributed by atoms with E-state index in [0.717, 1.165) is 13.0 Å². The molecule has 0 aliphatic carbocycles. The maximum Gasteiger partial charge on any atom is 0.317 e. The highest BCUT2D eigenvalue weighted by Crippen LogP contribution is 2.08. The Morgan fingerprint density at radius 1 is 1.69 bits per heavy atom. The third-order valence-electron chi connectivity index (χ3n) is 2.57. The lowest BCUT2D eigenvalue weighted by atomic mass is 10.4. The number of hydrogen-bond acceptors (Lipinski definition) is 2. The van der Waals surface area contributed by atoms with Crippen molar-refractivity contribution in [2.75, 3.05) is 33.2 Å². The van der Waals surface area contributed by atoms with Gasteiger partial charge in [-0.2, -0.15) is 0 Å². The van der Waals surface area contributed by atoms with Crippen LogP contribution in [0.2, 0.25) is 0 Å². The molecule has 0 aromatic carbocycles. The van der Waals surface area contributed by atoms with Gasteiger partial charge < -0.3 is 15.1 Å². The second-order valence-electron chi connectivity index (χ2n) is 3.77. The van der Waals surface area contributed by atoms with Crippen LogP contribution >= 0.6 is 0 Å². The van der Waals surface area contributed by atoms with E-state index >= 15 is 0 Å². The molecule has 16 heavy (non-hydrogen) atoms. The predicted molar refractivity (Wildman–Crippen MR) is 60.7 cm³/mol. The second-order valence-corrected chi connectivity index (χ2v) is 3.77. The molecular formula is C11H17N3O2. The molecule has 1 fully saturated rings. The number of urea groups is 1. The number of rotatable bonds is 4. The molecule has 1 saturated heterocycles. The first kappa shape index (κ1) is 12.4. The van der Waals surface area contributed by atoms with E-state index in [1.165, 1.54) is 4.90 Å². The molecule has 3 amide bonds. The maximum atomic E-state index is 11.4. The summed E-state index contributed by atoms with van der Waals surface area (Å²) in [5, 5.41) is 2.57. The Kier molecular flexibility index (Phi) is 4.65. The lowest BCUT2D eigenvalue weighted by Gasteiger charge is -2.21. The predicted octanol–water partition coefficient (Wildman–Crippen LogP) is -0.117. The fourth-order valence-corrected chi connectivity index (χ4v) is 1.57. The molecule has 0 spiro atoms. The highest BCUT2D eigenvalue weighted by molar-refractivity contribution is 5.78. The van der Waals surface area contributed by atoms with Gasteiger partial charge in [-0.15, -0.1) is 6.42 Å². The molecule has 88 valence electrons. The summed E-state index contributed by atoms with van der Waals surface area (Å²) in [5.74, 6) is 2.51. The molecule has 1 aliphatic heterocycles. The molecule has 0 atom stereocenters. The van der Waals surface area contributed by atoms with Crippen molar-refractivity contribution in [3.05, 3.63) is 0 Å². The third-order valence-corrected chi connectivity index (χ3v) is 2.57. The topological polar surface area (TPSA) is 52.7 Å². The first-order valence-corrected chi connectivity index (χ1v) is 5.35. The number of terminal acetylenes is 1. The molecule has 0 radical (unpaired) electrons. The van der Waals surface area contributed by atoms with Gasteiger partial charge >= 0.3 is 6.03 Å². The van der Waals surface area contributed by atoms with E-state index in [0.29, 0.717) is 19.5 Å². The first-order chi connectivity index (χ1) is 7.65. The summed E-state index contributed by atoms with van der Waals surface area (Å²) in [6.45, 7) is 2.16. The quantitative estimate of drug-likeness (QED) is 0.676. The Balaban J connectivity index is 2.24. The highest BCUT2D eigenvalue weighted by atomic mass is 16.2. The van der Waals surface area contributed by atoms with Gasteiger partial charge in [0, 0.05) is 33.1 Å². The summed E-state index contributed by atoms with van der Waals surface area (Å²) in [6.07, 6.45) is 6.59. The molecule has 0 saturated carbocycles. The minimum absolute atomic E-state index is 0.178. The Labute approximate surface area is 95.8 Å². The van der Waals surface area contributed by atoms with Gasteiger partial charge in [-0.25, -0.2) is 4.79 Å². The smallest absolute Gasteiger partial charge is 0.317 e. The number of amides is 3. The molecule has 0 aromatic rings. The molecule has 0 aromatic heterocycles. The van der Waals surface area contributed by atoms with E-state index in [-0.39, 0.29) is 18.5 Å². The highest BCUT2D eigenvalue weighted by Gasteiger charge is 2.20. The van der Waals surface area contributed by atoms with Crippen LogP contribution in [0.15, 0.2) is 0 Å². The molecular weight excluding hydrogens is 206 g/mol. The van der Waals surface area contributed by atoms with Crippen LogP contribution < -0.4 is 5.32 Å². The van der Waals surface area contributed by atoms with E-state index in [1.54, 1.807) is 11.9 Å². The number of hydrogen-bond donors (Lipinski definition) is 1. The van der Waals surface area contributed by atoms with Crippen LogP contribution in [-0.2, 0) is 4.79 Å². The van der Waals surface area contributed by atoms with Crippen LogP contribution in [0.3, 0.4) is 0 Å². The van der Waals surface area contributed by atoms with Crippen LogP contribution in [0.5, 0.6) is 0 Å². The van der Waals surface area contributed by atoms with Gasteiger partial charge in [0.15, 0.2) is 0 Å². The van der Waals surface area contributed by atoms with Crippen LogP contribution in [0.25, 0.3) is 0 Å². The van der Waals surface area contributed by atoms with Crippen LogP contribution in [0.1, 0.15) is 12.8 Å². The molecule has 1 heterocycles. The van der Waals surface area contributed by atoms with Crippen LogP contribution in [0.4, 0.5) is 4.79 Å². The Hall–Kier alpha value is -1.70. The van der Waals surface area contributed by atoms with Gasteiger partial charge in [-0.3, -0.25) is 4.79 Å². The summed E-state index contributed by atoms with van der Waals surface area (Å²) in [5.41, 5.74) is 0. The summed E-state index contributed by atoms with van der Waals surface area (Å²) in [7, 11) is 1.69. The van der Waals surface area contributed by atoms with Gasteiger partial charge in [-0.1, -0.05) is 5.92 Å². The van der Waals surface area contributed by atoms with Gasteiger partial charge in [0.05, 0.1) is 6.54 Å². The fraction of sp³-hybridized carbons (Fsp3) is 0.636. The fourth-order valence-electron chi connectivity index (χ4n) is 1.57. The monoisotopic (exact) mass is 223 g/mol. The maximum absolute atomic E-state index is 11.4. The van der Waals surface area contributed by atoms with Gasteiger partial charge in [0.25, 0.3) is 0 Å². The van der Waals surface area contributed by atoms with Crippen molar-refractivity contribution in [2.45, 2.75) is 12.8 Å². The normalized spacial score (nSPS) is 14.8. The lowest BCUT2D eigenvalue weighted by Crippen LogP contribution is -2.42. The van der Waals surface area contributed by atoms with Crippen molar-refractivity contribution in [3.8, 4) is 12.3 Å². The molecule has 0 bridgehead atoms. The average molecular weight is 223 g/mol. The van der Waals surface area contributed by atoms with Crippen molar-refractivity contribution in [1.29, 1.82) is 0 Å². The zero-order valence-electron chi connectivity index (χ0n) is 9.53. The van der Waals surface area contributed by atoms with E-state index in [4.69, 9.17) is 6.42 Å². The number of likely N-dealkylation sites (N-methyl/N-ethyl adjacent to an activating group) is 1. The van der Waals surface area contributed by atoms with Crippen molar-refractivity contribution in [3.63, 3.8) is 0 Å². The number of carbonyl (C=O) groups is 2. The largest absolute Gasteiger partial charge is 0.341 e. The second kappa shape index (κ2) is 6.01. The zero-order chi connectivity index (χ0) is 12.0. The van der Waals surface area contributed by atoms with Gasteiger partial charge in [-0.05, 0) is 6.42 Å². The number of nitrogens with one attached hydrogen (secondary N) is 1. The standard InChI is InChI=1S/C11H17N3O2/c1-3-6-12-11(16)13(2)8-9-14-7-4-5-10(14)15/h1H,4-9H2,2H3,(H,12,16). The minimum atomic E-state index is -0.204. The molecule has 0 unspecified atom stereocenters. The summed E-state index contributed by atoms with van der Waals surface area (Å²) < 4.78 is 0. The van der Waals surface area contributed by atoms with E-state index in [9.17, 15) is 9.59 Å².